The van der Waals surface area contributed by atoms with Crippen molar-refractivity contribution >= 4 is 22.8 Å². The van der Waals surface area contributed by atoms with Gasteiger partial charge in [0, 0.05) is 6.04 Å². The third kappa shape index (κ3) is 1.50. The molecule has 0 atom stereocenters. The van der Waals surface area contributed by atoms with Gasteiger partial charge in [0.1, 0.15) is 0 Å². The molecule has 5 nitrogen and oxygen atoms in total. The number of hydrogen-bond donors (Lipinski definition) is 2. The van der Waals surface area contributed by atoms with Crippen molar-refractivity contribution in [3.8, 4) is 0 Å². The van der Waals surface area contributed by atoms with Gasteiger partial charge in [-0.05, 0) is 31.0 Å². The van der Waals surface area contributed by atoms with Crippen LogP contribution in [0.5, 0.6) is 0 Å². The Kier molecular flexibility index (Phi) is 1.86. The SMILES string of the molecule is O=C(O)c1ccc2onc(NC3CC3)c2c1. The van der Waals surface area contributed by atoms with Crippen LogP contribution in [0.4, 0.5) is 5.82 Å². The van der Waals surface area contributed by atoms with Gasteiger partial charge in [-0.3, -0.25) is 0 Å². The molecule has 82 valence electrons. The fourth-order valence-corrected chi connectivity index (χ4v) is 1.60. The summed E-state index contributed by atoms with van der Waals surface area (Å²) in [5, 5.41) is 16.7. The molecule has 3 rings (SSSR count). The van der Waals surface area contributed by atoms with Crippen LogP contribution in [0.25, 0.3) is 11.0 Å². The van der Waals surface area contributed by atoms with Crippen LogP contribution in [0.2, 0.25) is 0 Å². The molecule has 0 saturated heterocycles. The number of hydrogen-bond acceptors (Lipinski definition) is 4. The standard InChI is InChI=1S/C11H10N2O3/c14-11(15)6-1-4-9-8(5-6)10(13-16-9)12-7-2-3-7/h1,4-5,7H,2-3H2,(H,12,13)(H,14,15). The minimum Gasteiger partial charge on any atom is -0.478 e. The molecule has 16 heavy (non-hydrogen) atoms. The summed E-state index contributed by atoms with van der Waals surface area (Å²) in [7, 11) is 0. The van der Waals surface area contributed by atoms with Crippen molar-refractivity contribution in [1.29, 1.82) is 0 Å². The number of benzene rings is 1. The van der Waals surface area contributed by atoms with Crippen LogP contribution in [0.1, 0.15) is 23.2 Å². The number of nitrogens with zero attached hydrogens (tertiary/aromatic N) is 1. The first-order valence-electron chi connectivity index (χ1n) is 5.13. The van der Waals surface area contributed by atoms with Crippen LogP contribution in [-0.2, 0) is 0 Å². The molecule has 1 aliphatic rings. The van der Waals surface area contributed by atoms with Gasteiger partial charge in [-0.1, -0.05) is 5.16 Å². The lowest BCUT2D eigenvalue weighted by molar-refractivity contribution is 0.0697. The van der Waals surface area contributed by atoms with E-state index in [1.807, 2.05) is 0 Å². The highest BCUT2D eigenvalue weighted by molar-refractivity contribution is 5.96. The van der Waals surface area contributed by atoms with Crippen LogP contribution < -0.4 is 5.32 Å². The van der Waals surface area contributed by atoms with E-state index in [0.29, 0.717) is 17.4 Å². The van der Waals surface area contributed by atoms with Crippen molar-refractivity contribution in [1.82, 2.24) is 5.16 Å². The van der Waals surface area contributed by atoms with Crippen molar-refractivity contribution in [2.45, 2.75) is 18.9 Å². The summed E-state index contributed by atoms with van der Waals surface area (Å²) in [5.41, 5.74) is 0.850. The molecule has 0 spiro atoms. The highest BCUT2D eigenvalue weighted by Gasteiger charge is 2.23. The maximum atomic E-state index is 10.8. The highest BCUT2D eigenvalue weighted by atomic mass is 16.5. The molecule has 0 aliphatic heterocycles. The molecule has 1 saturated carbocycles. The molecule has 0 bridgehead atoms. The average molecular weight is 218 g/mol. The number of anilines is 1. The number of rotatable bonds is 3. The zero-order valence-corrected chi connectivity index (χ0v) is 8.43. The summed E-state index contributed by atoms with van der Waals surface area (Å²) >= 11 is 0. The zero-order chi connectivity index (χ0) is 11.1. The Bertz CT molecular complexity index is 557. The van der Waals surface area contributed by atoms with E-state index < -0.39 is 5.97 Å². The maximum Gasteiger partial charge on any atom is 0.335 e. The van der Waals surface area contributed by atoms with Gasteiger partial charge in [0.25, 0.3) is 0 Å². The van der Waals surface area contributed by atoms with Gasteiger partial charge in [0.15, 0.2) is 11.4 Å². The van der Waals surface area contributed by atoms with Crippen LogP contribution in [-0.4, -0.2) is 22.3 Å². The molecular weight excluding hydrogens is 208 g/mol. The largest absolute Gasteiger partial charge is 0.478 e. The second-order valence-electron chi connectivity index (χ2n) is 3.97. The molecule has 0 radical (unpaired) electrons. The highest BCUT2D eigenvalue weighted by Crippen LogP contribution is 2.29. The number of carboxylic acids is 1. The lowest BCUT2D eigenvalue weighted by atomic mass is 10.1. The van der Waals surface area contributed by atoms with Gasteiger partial charge in [-0.15, -0.1) is 0 Å². The molecule has 2 N–H and O–H groups in total. The normalized spacial score (nSPS) is 15.2. The average Bonchev–Trinajstić information content (AvgIpc) is 2.99. The molecule has 1 fully saturated rings. The molecule has 2 aromatic rings. The van der Waals surface area contributed by atoms with Crippen LogP contribution in [0, 0.1) is 0 Å². The van der Waals surface area contributed by atoms with Gasteiger partial charge < -0.3 is 14.9 Å². The number of carbonyl (C=O) groups is 1. The van der Waals surface area contributed by atoms with E-state index in [2.05, 4.69) is 10.5 Å². The molecule has 1 aromatic carbocycles. The van der Waals surface area contributed by atoms with Crippen molar-refractivity contribution < 1.29 is 14.4 Å². The first-order chi connectivity index (χ1) is 7.74. The van der Waals surface area contributed by atoms with Gasteiger partial charge >= 0.3 is 5.97 Å². The Morgan fingerprint density at radius 3 is 3.00 bits per heavy atom. The quantitative estimate of drug-likeness (QED) is 0.825. The number of aromatic nitrogens is 1. The second-order valence-corrected chi connectivity index (χ2v) is 3.97. The summed E-state index contributed by atoms with van der Waals surface area (Å²) in [6.45, 7) is 0. The van der Waals surface area contributed by atoms with E-state index in [0.717, 1.165) is 18.2 Å². The number of carboxylic acid groups (broad SMARTS) is 1. The predicted molar refractivity (Wildman–Crippen MR) is 57.6 cm³/mol. The molecule has 0 amide bonds. The lowest BCUT2D eigenvalue weighted by Crippen LogP contribution is -2.01. The predicted octanol–water partition coefficient (Wildman–Crippen LogP) is 2.10. The molecule has 1 heterocycles. The van der Waals surface area contributed by atoms with Crippen molar-refractivity contribution in [3.63, 3.8) is 0 Å². The Hall–Kier alpha value is -2.04. The summed E-state index contributed by atoms with van der Waals surface area (Å²) < 4.78 is 5.11. The van der Waals surface area contributed by atoms with Gasteiger partial charge in [-0.25, -0.2) is 4.79 Å². The third-order valence-corrected chi connectivity index (χ3v) is 2.64. The van der Waals surface area contributed by atoms with E-state index in [1.54, 1.807) is 12.1 Å². The van der Waals surface area contributed by atoms with Gasteiger partial charge in [0.2, 0.25) is 0 Å². The van der Waals surface area contributed by atoms with E-state index in [4.69, 9.17) is 9.63 Å². The van der Waals surface area contributed by atoms with Crippen molar-refractivity contribution in [2.75, 3.05) is 5.32 Å². The molecule has 1 aliphatic carbocycles. The first-order valence-corrected chi connectivity index (χ1v) is 5.13. The molecule has 0 unspecified atom stereocenters. The van der Waals surface area contributed by atoms with Crippen LogP contribution >= 0.6 is 0 Å². The van der Waals surface area contributed by atoms with E-state index in [9.17, 15) is 4.79 Å². The van der Waals surface area contributed by atoms with Crippen molar-refractivity contribution in [3.05, 3.63) is 23.8 Å². The summed E-state index contributed by atoms with van der Waals surface area (Å²) in [4.78, 5) is 10.8. The molecule has 1 aromatic heterocycles. The Balaban J connectivity index is 2.07. The Labute approximate surface area is 91.0 Å². The molecular formula is C11H10N2O3. The number of aromatic carboxylic acids is 1. The van der Waals surface area contributed by atoms with Crippen LogP contribution in [0.15, 0.2) is 22.7 Å². The first kappa shape index (κ1) is 9.21. The number of fused-ring (bicyclic) bond motifs is 1. The second kappa shape index (κ2) is 3.23. The minimum atomic E-state index is -0.944. The van der Waals surface area contributed by atoms with Gasteiger partial charge in [-0.2, -0.15) is 0 Å². The fourth-order valence-electron chi connectivity index (χ4n) is 1.60. The van der Waals surface area contributed by atoms with E-state index >= 15 is 0 Å². The van der Waals surface area contributed by atoms with Gasteiger partial charge in [0.05, 0.1) is 10.9 Å². The molecule has 5 heteroatoms. The van der Waals surface area contributed by atoms with Crippen LogP contribution in [0.3, 0.4) is 0 Å². The third-order valence-electron chi connectivity index (χ3n) is 2.64. The fraction of sp³-hybridized carbons (Fsp3) is 0.273. The summed E-state index contributed by atoms with van der Waals surface area (Å²) in [6.07, 6.45) is 2.26. The lowest BCUT2D eigenvalue weighted by Gasteiger charge is -1.98. The smallest absolute Gasteiger partial charge is 0.335 e. The van der Waals surface area contributed by atoms with Crippen molar-refractivity contribution in [2.24, 2.45) is 0 Å². The zero-order valence-electron chi connectivity index (χ0n) is 8.43. The monoisotopic (exact) mass is 218 g/mol. The Morgan fingerprint density at radius 2 is 2.31 bits per heavy atom. The van der Waals surface area contributed by atoms with E-state index in [-0.39, 0.29) is 5.56 Å². The topological polar surface area (TPSA) is 75.4 Å². The number of nitrogens with one attached hydrogen (secondary N) is 1. The summed E-state index contributed by atoms with van der Waals surface area (Å²) in [6, 6.07) is 5.18. The van der Waals surface area contributed by atoms with E-state index in [1.165, 1.54) is 6.07 Å². The maximum absolute atomic E-state index is 10.8. The Morgan fingerprint density at radius 1 is 1.50 bits per heavy atom. The minimum absolute atomic E-state index is 0.245. The summed E-state index contributed by atoms with van der Waals surface area (Å²) in [5.74, 6) is -0.305.